The molecule has 0 amide bonds. The number of aromatic nitrogens is 5. The summed E-state index contributed by atoms with van der Waals surface area (Å²) < 4.78 is 5.24. The van der Waals surface area contributed by atoms with E-state index in [0.29, 0.717) is 33.6 Å². The van der Waals surface area contributed by atoms with Gasteiger partial charge >= 0.3 is 0 Å². The predicted octanol–water partition coefficient (Wildman–Crippen LogP) is 3.92. The highest BCUT2D eigenvalue weighted by Gasteiger charge is 2.13. The minimum atomic E-state index is 0.317. The normalized spacial score (nSPS) is 11.3. The van der Waals surface area contributed by atoms with Crippen LogP contribution >= 0.6 is 23.4 Å². The largest absolute Gasteiger partial charge is 0.338 e. The lowest BCUT2D eigenvalue weighted by Gasteiger charge is -1.96. The lowest BCUT2D eigenvalue weighted by molar-refractivity contribution is 0.391. The number of halogens is 1. The Morgan fingerprint density at radius 2 is 2.09 bits per heavy atom. The van der Waals surface area contributed by atoms with Crippen molar-refractivity contribution in [3.63, 3.8) is 0 Å². The molecule has 0 atom stereocenters. The van der Waals surface area contributed by atoms with Crippen LogP contribution in [0.15, 0.2) is 33.9 Å². The maximum Gasteiger partial charge on any atom is 0.237 e. The minimum absolute atomic E-state index is 0.317. The van der Waals surface area contributed by atoms with E-state index < -0.39 is 0 Å². The van der Waals surface area contributed by atoms with Crippen molar-refractivity contribution in [1.82, 2.24) is 25.3 Å². The van der Waals surface area contributed by atoms with Gasteiger partial charge in [0.05, 0.1) is 10.8 Å². The van der Waals surface area contributed by atoms with Crippen LogP contribution in [0.4, 0.5) is 0 Å². The quantitative estimate of drug-likeness (QED) is 0.712. The fourth-order valence-corrected chi connectivity index (χ4v) is 2.64. The van der Waals surface area contributed by atoms with E-state index in [-0.39, 0.29) is 0 Å². The van der Waals surface area contributed by atoms with Crippen LogP contribution in [-0.4, -0.2) is 25.3 Å². The average molecular weight is 336 g/mol. The third kappa shape index (κ3) is 3.31. The molecule has 8 heteroatoms. The summed E-state index contributed by atoms with van der Waals surface area (Å²) in [6, 6.07) is 7.39. The SMILES string of the molecule is CC(C)c1nc(SCc2nc(-c3ccccc3Cl)no2)n[nH]1. The molecule has 0 aliphatic carbocycles. The van der Waals surface area contributed by atoms with Gasteiger partial charge in [-0.25, -0.2) is 4.98 Å². The van der Waals surface area contributed by atoms with E-state index in [0.717, 1.165) is 11.4 Å². The number of benzene rings is 1. The number of aromatic amines is 1. The predicted molar refractivity (Wildman–Crippen MR) is 84.8 cm³/mol. The van der Waals surface area contributed by atoms with Gasteiger partial charge in [-0.3, -0.25) is 5.10 Å². The summed E-state index contributed by atoms with van der Waals surface area (Å²) in [5.41, 5.74) is 0.754. The molecule has 1 N–H and O–H groups in total. The van der Waals surface area contributed by atoms with Crippen LogP contribution in [0.1, 0.15) is 31.5 Å². The van der Waals surface area contributed by atoms with E-state index in [9.17, 15) is 0 Å². The van der Waals surface area contributed by atoms with E-state index in [1.165, 1.54) is 11.8 Å². The van der Waals surface area contributed by atoms with E-state index in [1.54, 1.807) is 6.07 Å². The Labute approximate surface area is 136 Å². The Morgan fingerprint density at radius 3 is 2.82 bits per heavy atom. The van der Waals surface area contributed by atoms with Crippen LogP contribution in [0.5, 0.6) is 0 Å². The lowest BCUT2D eigenvalue weighted by atomic mass is 10.2. The van der Waals surface area contributed by atoms with Crippen molar-refractivity contribution in [3.8, 4) is 11.4 Å². The molecule has 0 fully saturated rings. The number of hydrogen-bond acceptors (Lipinski definition) is 6. The molecule has 3 rings (SSSR count). The first-order chi connectivity index (χ1) is 10.6. The molecule has 0 spiro atoms. The van der Waals surface area contributed by atoms with Gasteiger partial charge in [-0.1, -0.05) is 54.5 Å². The molecule has 2 heterocycles. The molecular weight excluding hydrogens is 322 g/mol. The Morgan fingerprint density at radius 1 is 1.27 bits per heavy atom. The molecule has 22 heavy (non-hydrogen) atoms. The Kier molecular flexibility index (Phi) is 4.44. The van der Waals surface area contributed by atoms with Gasteiger partial charge in [-0.05, 0) is 12.1 Å². The molecule has 1 aromatic carbocycles. The van der Waals surface area contributed by atoms with Gasteiger partial charge in [0.25, 0.3) is 0 Å². The molecular formula is C14H14ClN5OS. The maximum absolute atomic E-state index is 6.12. The minimum Gasteiger partial charge on any atom is -0.338 e. The van der Waals surface area contributed by atoms with E-state index in [2.05, 4.69) is 39.2 Å². The van der Waals surface area contributed by atoms with Crippen molar-refractivity contribution in [2.45, 2.75) is 30.7 Å². The van der Waals surface area contributed by atoms with Crippen molar-refractivity contribution >= 4 is 23.4 Å². The van der Waals surface area contributed by atoms with Crippen LogP contribution < -0.4 is 0 Å². The molecule has 3 aromatic rings. The number of nitrogens with zero attached hydrogens (tertiary/aromatic N) is 4. The highest BCUT2D eigenvalue weighted by Crippen LogP contribution is 2.26. The maximum atomic E-state index is 6.12. The molecule has 6 nitrogen and oxygen atoms in total. The molecule has 0 radical (unpaired) electrons. The summed E-state index contributed by atoms with van der Waals surface area (Å²) in [4.78, 5) is 8.74. The zero-order chi connectivity index (χ0) is 15.5. The summed E-state index contributed by atoms with van der Waals surface area (Å²) >= 11 is 7.56. The molecule has 0 unspecified atom stereocenters. The average Bonchev–Trinajstić information content (AvgIpc) is 3.15. The van der Waals surface area contributed by atoms with Gasteiger partial charge in [-0.15, -0.1) is 5.10 Å². The Bertz CT molecular complexity index is 770. The van der Waals surface area contributed by atoms with Crippen molar-refractivity contribution in [2.24, 2.45) is 0 Å². The van der Waals surface area contributed by atoms with Gasteiger partial charge in [0.1, 0.15) is 5.82 Å². The Balaban J connectivity index is 1.68. The topological polar surface area (TPSA) is 80.5 Å². The lowest BCUT2D eigenvalue weighted by Crippen LogP contribution is -1.89. The number of nitrogens with one attached hydrogen (secondary N) is 1. The Hall–Kier alpha value is -1.86. The van der Waals surface area contributed by atoms with Gasteiger partial charge in [0.2, 0.25) is 16.9 Å². The highest BCUT2D eigenvalue weighted by molar-refractivity contribution is 7.98. The van der Waals surface area contributed by atoms with Gasteiger partial charge in [0.15, 0.2) is 0 Å². The van der Waals surface area contributed by atoms with Crippen LogP contribution in [0.2, 0.25) is 5.02 Å². The van der Waals surface area contributed by atoms with Gasteiger partial charge < -0.3 is 4.52 Å². The third-order valence-corrected chi connectivity index (χ3v) is 4.10. The van der Waals surface area contributed by atoms with E-state index in [4.69, 9.17) is 16.1 Å². The fraction of sp³-hybridized carbons (Fsp3) is 0.286. The molecule has 0 saturated carbocycles. The summed E-state index contributed by atoms with van der Waals surface area (Å²) in [5.74, 6) is 2.68. The summed E-state index contributed by atoms with van der Waals surface area (Å²) in [6.45, 7) is 4.12. The second kappa shape index (κ2) is 6.50. The first-order valence-corrected chi connectivity index (χ1v) is 8.12. The standard InChI is InChI=1S/C14H14ClN5OS/c1-8(2)12-17-14(19-18-12)22-7-11-16-13(20-21-11)9-5-3-4-6-10(9)15/h3-6,8H,7H2,1-2H3,(H,17,18,19). The van der Waals surface area contributed by atoms with Crippen LogP contribution in [-0.2, 0) is 5.75 Å². The van der Waals surface area contributed by atoms with Crippen LogP contribution in [0.3, 0.4) is 0 Å². The van der Waals surface area contributed by atoms with E-state index in [1.807, 2.05) is 18.2 Å². The molecule has 114 valence electrons. The second-order valence-electron chi connectivity index (χ2n) is 4.94. The molecule has 0 bridgehead atoms. The smallest absolute Gasteiger partial charge is 0.237 e. The molecule has 0 aliphatic heterocycles. The molecule has 2 aromatic heterocycles. The summed E-state index contributed by atoms with van der Waals surface area (Å²) in [7, 11) is 0. The number of H-pyrrole nitrogens is 1. The molecule has 0 aliphatic rings. The monoisotopic (exact) mass is 335 g/mol. The number of thioether (sulfide) groups is 1. The summed E-state index contributed by atoms with van der Waals surface area (Å²) in [6.07, 6.45) is 0. The van der Waals surface area contributed by atoms with Gasteiger partial charge in [-0.2, -0.15) is 4.98 Å². The first kappa shape index (κ1) is 15.1. The van der Waals surface area contributed by atoms with E-state index >= 15 is 0 Å². The fourth-order valence-electron chi connectivity index (χ4n) is 1.77. The van der Waals surface area contributed by atoms with Gasteiger partial charge in [0, 0.05) is 11.5 Å². The van der Waals surface area contributed by atoms with Crippen LogP contribution in [0.25, 0.3) is 11.4 Å². The second-order valence-corrected chi connectivity index (χ2v) is 6.29. The first-order valence-electron chi connectivity index (χ1n) is 6.76. The number of rotatable bonds is 5. The zero-order valence-corrected chi connectivity index (χ0v) is 13.6. The third-order valence-electron chi connectivity index (χ3n) is 2.94. The van der Waals surface area contributed by atoms with Crippen molar-refractivity contribution < 1.29 is 4.52 Å². The van der Waals surface area contributed by atoms with Crippen molar-refractivity contribution in [3.05, 3.63) is 41.0 Å². The van der Waals surface area contributed by atoms with Crippen molar-refractivity contribution in [2.75, 3.05) is 0 Å². The van der Waals surface area contributed by atoms with Crippen LogP contribution in [0, 0.1) is 0 Å². The molecule has 0 saturated heterocycles. The highest BCUT2D eigenvalue weighted by atomic mass is 35.5. The zero-order valence-electron chi connectivity index (χ0n) is 12.1. The van der Waals surface area contributed by atoms with Crippen molar-refractivity contribution in [1.29, 1.82) is 0 Å². The summed E-state index contributed by atoms with van der Waals surface area (Å²) in [5, 5.41) is 12.3. The number of hydrogen-bond donors (Lipinski definition) is 1.